The van der Waals surface area contributed by atoms with Crippen molar-refractivity contribution in [1.29, 1.82) is 0 Å². The molecule has 5 heteroatoms. The monoisotopic (exact) mass is 212 g/mol. The van der Waals surface area contributed by atoms with Crippen molar-refractivity contribution < 1.29 is 13.2 Å². The van der Waals surface area contributed by atoms with Gasteiger partial charge < -0.3 is 11.5 Å². The lowest BCUT2D eigenvalue weighted by Crippen LogP contribution is -2.02. The molecule has 0 bridgehead atoms. The Kier molecular flexibility index (Phi) is 1.96. The Morgan fingerprint density at radius 3 is 2.20 bits per heavy atom. The number of anilines is 2. The van der Waals surface area contributed by atoms with Gasteiger partial charge in [-0.05, 0) is 6.07 Å². The Labute approximate surface area is 83.3 Å². The summed E-state index contributed by atoms with van der Waals surface area (Å²) in [6.07, 6.45) is 0. The molecule has 2 aromatic rings. The second-order valence-electron chi connectivity index (χ2n) is 3.13. The molecular formula is C10H7F3N2. The van der Waals surface area contributed by atoms with Crippen LogP contribution in [0, 0.1) is 17.5 Å². The second-order valence-corrected chi connectivity index (χ2v) is 3.13. The molecule has 0 unspecified atom stereocenters. The molecule has 0 aliphatic carbocycles. The van der Waals surface area contributed by atoms with Gasteiger partial charge in [0.1, 0.15) is 0 Å². The summed E-state index contributed by atoms with van der Waals surface area (Å²) in [5.41, 5.74) is 10.4. The van der Waals surface area contributed by atoms with E-state index in [2.05, 4.69) is 0 Å². The van der Waals surface area contributed by atoms with Gasteiger partial charge in [0.2, 0.25) is 0 Å². The molecule has 78 valence electrons. The minimum Gasteiger partial charge on any atom is -0.398 e. The predicted octanol–water partition coefficient (Wildman–Crippen LogP) is 2.42. The van der Waals surface area contributed by atoms with Crippen molar-refractivity contribution in [1.82, 2.24) is 0 Å². The number of hydrogen-bond donors (Lipinski definition) is 2. The van der Waals surface area contributed by atoms with E-state index in [0.29, 0.717) is 0 Å². The Hall–Kier alpha value is -1.91. The molecule has 2 aromatic carbocycles. The highest BCUT2D eigenvalue weighted by atomic mass is 19.2. The normalized spacial score (nSPS) is 10.9. The van der Waals surface area contributed by atoms with Gasteiger partial charge in [-0.1, -0.05) is 12.1 Å². The maximum Gasteiger partial charge on any atom is 0.197 e. The number of nitrogen functional groups attached to an aromatic ring is 2. The molecule has 0 radical (unpaired) electrons. The van der Waals surface area contributed by atoms with Crippen LogP contribution >= 0.6 is 0 Å². The van der Waals surface area contributed by atoms with E-state index in [-0.39, 0.29) is 16.5 Å². The quantitative estimate of drug-likeness (QED) is 0.520. The van der Waals surface area contributed by atoms with Crippen LogP contribution in [0.5, 0.6) is 0 Å². The zero-order chi connectivity index (χ0) is 11.2. The van der Waals surface area contributed by atoms with E-state index in [0.717, 1.165) is 0 Å². The van der Waals surface area contributed by atoms with Crippen molar-refractivity contribution in [3.8, 4) is 0 Å². The first-order valence-corrected chi connectivity index (χ1v) is 4.14. The number of halogens is 3. The minimum absolute atomic E-state index is 0.0237. The molecule has 0 aromatic heterocycles. The van der Waals surface area contributed by atoms with E-state index in [9.17, 15) is 13.2 Å². The van der Waals surface area contributed by atoms with Gasteiger partial charge in [-0.3, -0.25) is 0 Å². The second kappa shape index (κ2) is 3.05. The molecule has 0 saturated carbocycles. The third-order valence-corrected chi connectivity index (χ3v) is 2.23. The average molecular weight is 212 g/mol. The minimum atomic E-state index is -1.60. The Balaban J connectivity index is 3.08. The topological polar surface area (TPSA) is 52.0 Å². The molecule has 0 aliphatic heterocycles. The first-order valence-electron chi connectivity index (χ1n) is 4.14. The van der Waals surface area contributed by atoms with Crippen LogP contribution in [-0.4, -0.2) is 0 Å². The van der Waals surface area contributed by atoms with E-state index >= 15 is 0 Å². The molecule has 0 amide bonds. The van der Waals surface area contributed by atoms with Crippen LogP contribution in [0.25, 0.3) is 10.8 Å². The van der Waals surface area contributed by atoms with E-state index in [1.165, 1.54) is 18.2 Å². The summed E-state index contributed by atoms with van der Waals surface area (Å²) in [4.78, 5) is 0. The van der Waals surface area contributed by atoms with Gasteiger partial charge in [0.15, 0.2) is 17.5 Å². The van der Waals surface area contributed by atoms with Crippen LogP contribution in [0.2, 0.25) is 0 Å². The van der Waals surface area contributed by atoms with Crippen molar-refractivity contribution in [2.45, 2.75) is 0 Å². The van der Waals surface area contributed by atoms with Crippen molar-refractivity contribution >= 4 is 22.1 Å². The summed E-state index contributed by atoms with van der Waals surface area (Å²) in [5.74, 6) is -4.29. The van der Waals surface area contributed by atoms with Gasteiger partial charge in [-0.25, -0.2) is 13.2 Å². The maximum absolute atomic E-state index is 13.3. The predicted molar refractivity (Wildman–Crippen MR) is 52.6 cm³/mol. The number of nitrogens with two attached hydrogens (primary N) is 2. The van der Waals surface area contributed by atoms with Gasteiger partial charge in [-0.2, -0.15) is 0 Å². The summed E-state index contributed by atoms with van der Waals surface area (Å²) in [6.45, 7) is 0. The average Bonchev–Trinajstić information content (AvgIpc) is 2.23. The number of rotatable bonds is 0. The first kappa shape index (κ1) is 9.64. The Morgan fingerprint density at radius 1 is 0.867 bits per heavy atom. The van der Waals surface area contributed by atoms with Crippen LogP contribution in [0.3, 0.4) is 0 Å². The molecule has 0 heterocycles. The molecule has 4 N–H and O–H groups in total. The molecule has 0 aliphatic rings. The molecular weight excluding hydrogens is 205 g/mol. The fourth-order valence-corrected chi connectivity index (χ4v) is 1.48. The van der Waals surface area contributed by atoms with Crippen LogP contribution in [-0.2, 0) is 0 Å². The lowest BCUT2D eigenvalue weighted by molar-refractivity contribution is 0.456. The van der Waals surface area contributed by atoms with E-state index in [4.69, 9.17) is 11.5 Å². The number of fused-ring (bicyclic) bond motifs is 1. The summed E-state index contributed by atoms with van der Waals surface area (Å²) in [5, 5.41) is -0.111. The summed E-state index contributed by atoms with van der Waals surface area (Å²) < 4.78 is 39.4. The molecule has 2 rings (SSSR count). The third kappa shape index (κ3) is 1.20. The molecule has 15 heavy (non-hydrogen) atoms. The highest BCUT2D eigenvalue weighted by Gasteiger charge is 2.19. The van der Waals surface area contributed by atoms with Crippen molar-refractivity contribution in [2.75, 3.05) is 11.5 Å². The van der Waals surface area contributed by atoms with Gasteiger partial charge in [0.05, 0.1) is 5.69 Å². The Morgan fingerprint density at radius 2 is 1.53 bits per heavy atom. The van der Waals surface area contributed by atoms with Gasteiger partial charge in [0, 0.05) is 16.5 Å². The highest BCUT2D eigenvalue weighted by molar-refractivity contribution is 6.00. The standard InChI is InChI=1S/C10H7F3N2/c11-7-6-4(2-1-3-5(6)14)10(15)9(13)8(7)12/h1-3H,14-15H2. The van der Waals surface area contributed by atoms with Crippen LogP contribution < -0.4 is 11.5 Å². The molecule has 0 saturated heterocycles. The molecule has 0 fully saturated rings. The van der Waals surface area contributed by atoms with Gasteiger partial charge in [-0.15, -0.1) is 0 Å². The van der Waals surface area contributed by atoms with Crippen molar-refractivity contribution in [3.63, 3.8) is 0 Å². The third-order valence-electron chi connectivity index (χ3n) is 2.23. The largest absolute Gasteiger partial charge is 0.398 e. The van der Waals surface area contributed by atoms with Crippen LogP contribution in [0.1, 0.15) is 0 Å². The fraction of sp³-hybridized carbons (Fsp3) is 0. The first-order chi connectivity index (χ1) is 7.04. The van der Waals surface area contributed by atoms with Crippen LogP contribution in [0.15, 0.2) is 18.2 Å². The van der Waals surface area contributed by atoms with E-state index in [1.807, 2.05) is 0 Å². The number of hydrogen-bond acceptors (Lipinski definition) is 2. The molecule has 0 atom stereocenters. The fourth-order valence-electron chi connectivity index (χ4n) is 1.48. The van der Waals surface area contributed by atoms with Gasteiger partial charge in [0.25, 0.3) is 0 Å². The zero-order valence-electron chi connectivity index (χ0n) is 7.52. The van der Waals surface area contributed by atoms with E-state index in [1.54, 1.807) is 0 Å². The Bertz CT molecular complexity index is 552. The highest BCUT2D eigenvalue weighted by Crippen LogP contribution is 2.32. The lowest BCUT2D eigenvalue weighted by atomic mass is 10.1. The summed E-state index contributed by atoms with van der Waals surface area (Å²) >= 11 is 0. The maximum atomic E-state index is 13.3. The molecule has 0 spiro atoms. The molecule has 2 nitrogen and oxygen atoms in total. The van der Waals surface area contributed by atoms with Crippen molar-refractivity contribution in [2.24, 2.45) is 0 Å². The van der Waals surface area contributed by atoms with Gasteiger partial charge >= 0.3 is 0 Å². The SMILES string of the molecule is Nc1c(F)c(F)c(F)c2c(N)cccc12. The smallest absolute Gasteiger partial charge is 0.197 e. The van der Waals surface area contributed by atoms with E-state index < -0.39 is 23.1 Å². The summed E-state index contributed by atoms with van der Waals surface area (Å²) in [7, 11) is 0. The zero-order valence-corrected chi connectivity index (χ0v) is 7.52. The van der Waals surface area contributed by atoms with Crippen molar-refractivity contribution in [3.05, 3.63) is 35.7 Å². The van der Waals surface area contributed by atoms with Crippen LogP contribution in [0.4, 0.5) is 24.5 Å². The summed E-state index contributed by atoms with van der Waals surface area (Å²) in [6, 6.07) is 4.26. The number of benzene rings is 2. The lowest BCUT2D eigenvalue weighted by Gasteiger charge is -2.08.